The van der Waals surface area contributed by atoms with Crippen molar-refractivity contribution in [3.05, 3.63) is 180 Å². The second-order valence-electron chi connectivity index (χ2n) is 16.5. The molecule has 1 aromatic heterocycles. The van der Waals surface area contributed by atoms with E-state index < -0.39 is 0 Å². The Hall–Kier alpha value is -6.36. The van der Waals surface area contributed by atoms with E-state index in [0.29, 0.717) is 0 Å². The fraction of sp³-hybridized carbons (Fsp3) is 0.115. The number of anilines is 6. The van der Waals surface area contributed by atoms with Crippen LogP contribution in [0.1, 0.15) is 49.9 Å². The zero-order valence-corrected chi connectivity index (χ0v) is 32.5. The molecule has 0 amide bonds. The average molecular weight is 739 g/mol. The molecule has 0 N–H and O–H groups in total. The van der Waals surface area contributed by atoms with Gasteiger partial charge in [-0.05, 0) is 81.2 Å². The Kier molecular flexibility index (Phi) is 6.34. The molecule has 12 rings (SSSR count). The minimum absolute atomic E-state index is 0.150. The van der Waals surface area contributed by atoms with Crippen molar-refractivity contribution in [1.82, 2.24) is 0 Å². The molecule has 268 valence electrons. The van der Waals surface area contributed by atoms with Crippen molar-refractivity contribution < 1.29 is 4.74 Å². The SMILES string of the molecule is CC1(C)c2ccccc2-c2ccc(N(c3ccc4c5c3Oc3ccc6ccccc6c3N5c3ccccc3C4(C)C)c3cccc4c3sc3ccccc34)cc21. The number of thiophene rings is 1. The first-order valence-corrected chi connectivity index (χ1v) is 20.3. The molecule has 3 nitrogen and oxygen atoms in total. The summed E-state index contributed by atoms with van der Waals surface area (Å²) < 4.78 is 9.91. The van der Waals surface area contributed by atoms with Gasteiger partial charge in [0.1, 0.15) is 0 Å². The zero-order chi connectivity index (χ0) is 37.5. The number of hydrogen-bond acceptors (Lipinski definition) is 4. The van der Waals surface area contributed by atoms with Crippen LogP contribution < -0.4 is 14.5 Å². The van der Waals surface area contributed by atoms with Crippen LogP contribution in [-0.4, -0.2) is 0 Å². The van der Waals surface area contributed by atoms with Crippen molar-refractivity contribution in [1.29, 1.82) is 0 Å². The van der Waals surface area contributed by atoms with E-state index in [1.807, 2.05) is 11.3 Å². The minimum atomic E-state index is -0.263. The van der Waals surface area contributed by atoms with Gasteiger partial charge in [0.15, 0.2) is 11.5 Å². The van der Waals surface area contributed by atoms with Gasteiger partial charge in [0.05, 0.1) is 33.1 Å². The molecule has 2 aliphatic heterocycles. The van der Waals surface area contributed by atoms with Crippen LogP contribution in [0.5, 0.6) is 11.5 Å². The van der Waals surface area contributed by atoms with Gasteiger partial charge in [0.25, 0.3) is 0 Å². The van der Waals surface area contributed by atoms with Crippen LogP contribution in [0.2, 0.25) is 0 Å². The molecular formula is C52H38N2OS. The molecule has 0 atom stereocenters. The Morgan fingerprint density at radius 3 is 2.12 bits per heavy atom. The lowest BCUT2D eigenvalue weighted by Crippen LogP contribution is -2.33. The van der Waals surface area contributed by atoms with Crippen LogP contribution in [0.25, 0.3) is 42.1 Å². The molecule has 3 aliphatic rings. The summed E-state index contributed by atoms with van der Waals surface area (Å²) >= 11 is 1.87. The molecule has 9 aromatic rings. The summed E-state index contributed by atoms with van der Waals surface area (Å²) in [5, 5.41) is 4.92. The summed E-state index contributed by atoms with van der Waals surface area (Å²) in [6, 6.07) is 58.2. The van der Waals surface area contributed by atoms with E-state index in [-0.39, 0.29) is 10.8 Å². The van der Waals surface area contributed by atoms with Crippen LogP contribution in [-0.2, 0) is 10.8 Å². The molecule has 3 heterocycles. The fourth-order valence-electron chi connectivity index (χ4n) is 10.1. The van der Waals surface area contributed by atoms with Crippen molar-refractivity contribution in [2.24, 2.45) is 0 Å². The maximum Gasteiger partial charge on any atom is 0.175 e. The highest BCUT2D eigenvalue weighted by atomic mass is 32.1. The molecule has 0 saturated heterocycles. The third-order valence-corrected chi connectivity index (χ3v) is 14.0. The van der Waals surface area contributed by atoms with Gasteiger partial charge in [-0.15, -0.1) is 11.3 Å². The summed E-state index contributed by atoms with van der Waals surface area (Å²) in [7, 11) is 0. The highest BCUT2D eigenvalue weighted by Gasteiger charge is 2.44. The minimum Gasteiger partial charge on any atom is -0.451 e. The molecule has 56 heavy (non-hydrogen) atoms. The lowest BCUT2D eigenvalue weighted by molar-refractivity contribution is 0.473. The Morgan fingerprint density at radius 1 is 0.518 bits per heavy atom. The van der Waals surface area contributed by atoms with E-state index in [9.17, 15) is 0 Å². The van der Waals surface area contributed by atoms with Crippen LogP contribution in [0, 0.1) is 0 Å². The monoisotopic (exact) mass is 738 g/mol. The normalized spacial score (nSPS) is 15.2. The van der Waals surface area contributed by atoms with Crippen molar-refractivity contribution in [3.8, 4) is 22.6 Å². The van der Waals surface area contributed by atoms with E-state index in [1.165, 1.54) is 70.0 Å². The second-order valence-corrected chi connectivity index (χ2v) is 17.6. The third-order valence-electron chi connectivity index (χ3n) is 12.8. The molecule has 8 aromatic carbocycles. The Bertz CT molecular complexity index is 3150. The zero-order valence-electron chi connectivity index (χ0n) is 31.7. The summed E-state index contributed by atoms with van der Waals surface area (Å²) in [6.45, 7) is 9.44. The van der Waals surface area contributed by atoms with Crippen molar-refractivity contribution in [2.75, 3.05) is 9.80 Å². The summed E-state index contributed by atoms with van der Waals surface area (Å²) in [4.78, 5) is 4.97. The molecular weight excluding hydrogens is 701 g/mol. The van der Waals surface area contributed by atoms with E-state index in [0.717, 1.165) is 39.9 Å². The summed E-state index contributed by atoms with van der Waals surface area (Å²) in [6.07, 6.45) is 0. The molecule has 0 spiro atoms. The Labute approximate surface area is 330 Å². The number of nitrogens with zero attached hydrogens (tertiary/aromatic N) is 2. The van der Waals surface area contributed by atoms with Gasteiger partial charge in [-0.2, -0.15) is 0 Å². The molecule has 0 radical (unpaired) electrons. The molecule has 0 unspecified atom stereocenters. The summed E-state index contributed by atoms with van der Waals surface area (Å²) in [5.41, 5.74) is 14.1. The first kappa shape index (κ1) is 31.9. The first-order chi connectivity index (χ1) is 27.3. The second kappa shape index (κ2) is 11.1. The largest absolute Gasteiger partial charge is 0.451 e. The topological polar surface area (TPSA) is 15.7 Å². The Morgan fingerprint density at radius 2 is 1.23 bits per heavy atom. The predicted octanol–water partition coefficient (Wildman–Crippen LogP) is 15.2. The van der Waals surface area contributed by atoms with Crippen LogP contribution in [0.3, 0.4) is 0 Å². The van der Waals surface area contributed by atoms with Crippen LogP contribution in [0.4, 0.5) is 34.1 Å². The molecule has 1 aliphatic carbocycles. The standard InChI is InChI=1S/C52H38N2OS/c1-51(2)38-19-9-7-16-34(38)35-26-25-32(30-41(35)51)53(44-22-13-18-37-36-17-8-12-23-46(36)56-50(37)44)43-28-27-40-48-49(43)55-45-29-24-31-14-5-6-15-33(31)47(45)54(48)42-21-11-10-20-39(42)52(40,3)4/h5-30H,1-4H3. The van der Waals surface area contributed by atoms with Crippen molar-refractivity contribution in [3.63, 3.8) is 0 Å². The number of rotatable bonds is 3. The van der Waals surface area contributed by atoms with E-state index in [4.69, 9.17) is 4.74 Å². The van der Waals surface area contributed by atoms with Gasteiger partial charge in [-0.3, -0.25) is 0 Å². The maximum absolute atomic E-state index is 7.37. The number of fused-ring (bicyclic) bond motifs is 12. The summed E-state index contributed by atoms with van der Waals surface area (Å²) in [5.74, 6) is 1.73. The van der Waals surface area contributed by atoms with E-state index in [1.54, 1.807) is 0 Å². The molecule has 0 saturated carbocycles. The van der Waals surface area contributed by atoms with Gasteiger partial charge < -0.3 is 14.5 Å². The molecule has 0 fully saturated rings. The molecule has 4 heteroatoms. The van der Waals surface area contributed by atoms with Gasteiger partial charge in [0.2, 0.25) is 0 Å². The van der Waals surface area contributed by atoms with Crippen molar-refractivity contribution >= 4 is 76.4 Å². The predicted molar refractivity (Wildman–Crippen MR) is 236 cm³/mol. The fourth-order valence-corrected chi connectivity index (χ4v) is 11.3. The number of benzene rings is 8. The highest BCUT2D eigenvalue weighted by molar-refractivity contribution is 7.26. The highest BCUT2D eigenvalue weighted by Crippen LogP contribution is 2.64. The van der Waals surface area contributed by atoms with Gasteiger partial charge in [-0.25, -0.2) is 0 Å². The van der Waals surface area contributed by atoms with Gasteiger partial charge >= 0.3 is 0 Å². The average Bonchev–Trinajstić information content (AvgIpc) is 3.72. The Balaban J connectivity index is 1.18. The number of hydrogen-bond donors (Lipinski definition) is 0. The first-order valence-electron chi connectivity index (χ1n) is 19.5. The van der Waals surface area contributed by atoms with E-state index in [2.05, 4.69) is 195 Å². The van der Waals surface area contributed by atoms with Gasteiger partial charge in [0, 0.05) is 37.4 Å². The van der Waals surface area contributed by atoms with Crippen LogP contribution in [0.15, 0.2) is 158 Å². The molecule has 0 bridgehead atoms. The third kappa shape index (κ3) is 4.12. The quantitative estimate of drug-likeness (QED) is 0.179. The van der Waals surface area contributed by atoms with Gasteiger partial charge in [-0.1, -0.05) is 143 Å². The lowest BCUT2D eigenvalue weighted by Gasteiger charge is -2.46. The van der Waals surface area contributed by atoms with Crippen molar-refractivity contribution in [2.45, 2.75) is 38.5 Å². The lowest BCUT2D eigenvalue weighted by atomic mass is 9.73. The number of ether oxygens (including phenoxy) is 1. The number of para-hydroxylation sites is 1. The van der Waals surface area contributed by atoms with E-state index >= 15 is 0 Å². The smallest absolute Gasteiger partial charge is 0.175 e. The van der Waals surface area contributed by atoms with Crippen LogP contribution >= 0.6 is 11.3 Å². The maximum atomic E-state index is 7.37.